The third-order valence-electron chi connectivity index (χ3n) is 3.42. The van der Waals surface area contributed by atoms with Gasteiger partial charge in [-0.1, -0.05) is 11.8 Å². The molecule has 0 saturated heterocycles. The zero-order valence-corrected chi connectivity index (χ0v) is 13.9. The first-order valence-corrected chi connectivity index (χ1v) is 8.09. The molecular formula is C18H13F3N2OS. The normalized spacial score (nSPS) is 11.4. The molecule has 0 fully saturated rings. The van der Waals surface area contributed by atoms with Crippen molar-refractivity contribution in [3.05, 3.63) is 66.5 Å². The molecule has 0 atom stereocenters. The van der Waals surface area contributed by atoms with Crippen LogP contribution < -0.4 is 4.74 Å². The Labute approximate surface area is 146 Å². The summed E-state index contributed by atoms with van der Waals surface area (Å²) in [5.74, 6) is 0.726. The lowest BCUT2D eigenvalue weighted by Gasteiger charge is -2.09. The predicted molar refractivity (Wildman–Crippen MR) is 89.6 cm³/mol. The van der Waals surface area contributed by atoms with Crippen molar-refractivity contribution in [2.45, 2.75) is 16.1 Å². The molecule has 128 valence electrons. The highest BCUT2D eigenvalue weighted by Gasteiger charge is 2.30. The molecule has 3 rings (SSSR count). The minimum Gasteiger partial charge on any atom is -0.497 e. The minimum atomic E-state index is -4.34. The summed E-state index contributed by atoms with van der Waals surface area (Å²) in [7, 11) is 1.59. The van der Waals surface area contributed by atoms with Crippen molar-refractivity contribution in [1.82, 2.24) is 9.97 Å². The van der Waals surface area contributed by atoms with Crippen LogP contribution in [0.1, 0.15) is 5.56 Å². The lowest BCUT2D eigenvalue weighted by atomic mass is 10.1. The van der Waals surface area contributed by atoms with Crippen molar-refractivity contribution in [3.63, 3.8) is 0 Å². The molecule has 0 spiro atoms. The number of methoxy groups -OCH3 is 1. The highest BCUT2D eigenvalue weighted by Crippen LogP contribution is 2.35. The van der Waals surface area contributed by atoms with Gasteiger partial charge in [0.15, 0.2) is 0 Å². The van der Waals surface area contributed by atoms with Crippen LogP contribution >= 0.6 is 11.8 Å². The van der Waals surface area contributed by atoms with Crippen molar-refractivity contribution in [2.24, 2.45) is 0 Å². The van der Waals surface area contributed by atoms with Gasteiger partial charge in [-0.15, -0.1) is 0 Å². The smallest absolute Gasteiger partial charge is 0.416 e. The maximum absolute atomic E-state index is 12.7. The quantitative estimate of drug-likeness (QED) is 0.629. The van der Waals surface area contributed by atoms with E-state index in [1.54, 1.807) is 19.5 Å². The number of hydrogen-bond donors (Lipinski definition) is 0. The molecule has 0 saturated carbocycles. The first-order chi connectivity index (χ1) is 12.0. The zero-order valence-electron chi connectivity index (χ0n) is 13.1. The lowest BCUT2D eigenvalue weighted by Crippen LogP contribution is -2.03. The van der Waals surface area contributed by atoms with E-state index in [-0.39, 0.29) is 0 Å². The second kappa shape index (κ2) is 7.14. The molecule has 3 aromatic rings. The predicted octanol–water partition coefficient (Wildman–Crippen LogP) is 5.32. The molecule has 1 aromatic heterocycles. The summed E-state index contributed by atoms with van der Waals surface area (Å²) >= 11 is 1.27. The summed E-state index contributed by atoms with van der Waals surface area (Å²) in [6.45, 7) is 0. The fourth-order valence-corrected chi connectivity index (χ4v) is 3.05. The van der Waals surface area contributed by atoms with E-state index in [0.717, 1.165) is 23.4 Å². The van der Waals surface area contributed by atoms with E-state index >= 15 is 0 Å². The van der Waals surface area contributed by atoms with Crippen molar-refractivity contribution in [1.29, 1.82) is 0 Å². The molecule has 0 aliphatic heterocycles. The van der Waals surface area contributed by atoms with Gasteiger partial charge in [0.25, 0.3) is 0 Å². The summed E-state index contributed by atoms with van der Waals surface area (Å²) in [6, 6.07) is 12.3. The molecule has 3 nitrogen and oxygen atoms in total. The van der Waals surface area contributed by atoms with E-state index in [2.05, 4.69) is 9.97 Å². The molecule has 0 bridgehead atoms. The number of ether oxygens (including phenoxy) is 1. The number of rotatable bonds is 4. The third-order valence-corrected chi connectivity index (χ3v) is 4.42. The van der Waals surface area contributed by atoms with E-state index in [1.807, 2.05) is 24.3 Å². The lowest BCUT2D eigenvalue weighted by molar-refractivity contribution is -0.137. The van der Waals surface area contributed by atoms with Gasteiger partial charge in [-0.05, 0) is 48.5 Å². The first-order valence-electron chi connectivity index (χ1n) is 7.28. The van der Waals surface area contributed by atoms with Gasteiger partial charge in [-0.2, -0.15) is 13.2 Å². The Kier molecular flexibility index (Phi) is 4.94. The Bertz CT molecular complexity index is 849. The van der Waals surface area contributed by atoms with Gasteiger partial charge < -0.3 is 4.74 Å². The minimum absolute atomic E-state index is 0.618. The summed E-state index contributed by atoms with van der Waals surface area (Å²) in [5.41, 5.74) is 0.838. The fourth-order valence-electron chi connectivity index (χ4n) is 2.17. The molecule has 25 heavy (non-hydrogen) atoms. The second-order valence-corrected chi connectivity index (χ2v) is 6.13. The van der Waals surface area contributed by atoms with Crippen molar-refractivity contribution < 1.29 is 17.9 Å². The Morgan fingerprint density at radius 1 is 0.880 bits per heavy atom. The fraction of sp³-hybridized carbons (Fsp3) is 0.111. The molecule has 0 aliphatic carbocycles. The van der Waals surface area contributed by atoms with Crippen LogP contribution in [0, 0.1) is 0 Å². The number of hydrogen-bond acceptors (Lipinski definition) is 4. The number of halogens is 3. The highest BCUT2D eigenvalue weighted by molar-refractivity contribution is 7.99. The molecule has 0 unspecified atom stereocenters. The summed E-state index contributed by atoms with van der Waals surface area (Å²) < 4.78 is 43.1. The molecule has 0 N–H and O–H groups in total. The summed E-state index contributed by atoms with van der Waals surface area (Å²) in [4.78, 5) is 9.32. The van der Waals surface area contributed by atoms with Crippen LogP contribution in [-0.2, 0) is 6.18 Å². The first kappa shape index (κ1) is 17.3. The SMILES string of the molecule is COc1ccc(-c2nccnc2Sc2ccc(C(F)(F)F)cc2)cc1. The average molecular weight is 362 g/mol. The van der Waals surface area contributed by atoms with Crippen LogP contribution in [0.5, 0.6) is 5.75 Å². The van der Waals surface area contributed by atoms with E-state index in [1.165, 1.54) is 23.9 Å². The Morgan fingerprint density at radius 2 is 1.52 bits per heavy atom. The average Bonchev–Trinajstić information content (AvgIpc) is 2.62. The molecule has 7 heteroatoms. The maximum atomic E-state index is 12.7. The second-order valence-electron chi connectivity index (χ2n) is 5.06. The van der Waals surface area contributed by atoms with Crippen LogP contribution in [0.25, 0.3) is 11.3 Å². The van der Waals surface area contributed by atoms with Crippen LogP contribution in [0.4, 0.5) is 13.2 Å². The van der Waals surface area contributed by atoms with Crippen molar-refractivity contribution >= 4 is 11.8 Å². The summed E-state index contributed by atoms with van der Waals surface area (Å²) in [5, 5.41) is 0.618. The van der Waals surface area contributed by atoms with Gasteiger partial charge in [-0.25, -0.2) is 4.98 Å². The van der Waals surface area contributed by atoms with Crippen LogP contribution in [0.2, 0.25) is 0 Å². The Morgan fingerprint density at radius 3 is 2.12 bits per heavy atom. The van der Waals surface area contributed by atoms with Crippen molar-refractivity contribution in [3.8, 4) is 17.0 Å². The molecule has 0 amide bonds. The van der Waals surface area contributed by atoms with E-state index in [9.17, 15) is 13.2 Å². The van der Waals surface area contributed by atoms with E-state index < -0.39 is 11.7 Å². The standard InChI is InChI=1S/C18H13F3N2OS/c1-24-14-6-2-12(3-7-14)16-17(23-11-10-22-16)25-15-8-4-13(5-9-15)18(19,20)21/h2-11H,1H3. The van der Waals surface area contributed by atoms with Gasteiger partial charge in [0.05, 0.1) is 12.7 Å². The molecule has 1 heterocycles. The molecule has 2 aromatic carbocycles. The van der Waals surface area contributed by atoms with Gasteiger partial charge in [0.2, 0.25) is 0 Å². The zero-order chi connectivity index (χ0) is 17.9. The Balaban J connectivity index is 1.88. The van der Waals surface area contributed by atoms with Crippen LogP contribution in [0.3, 0.4) is 0 Å². The molecule has 0 aliphatic rings. The number of aromatic nitrogens is 2. The highest BCUT2D eigenvalue weighted by atomic mass is 32.2. The number of alkyl halides is 3. The number of benzene rings is 2. The molecule has 0 radical (unpaired) electrons. The van der Waals surface area contributed by atoms with Gasteiger partial charge in [0, 0.05) is 22.9 Å². The van der Waals surface area contributed by atoms with Crippen LogP contribution in [0.15, 0.2) is 70.8 Å². The third kappa shape index (κ3) is 4.11. The van der Waals surface area contributed by atoms with Gasteiger partial charge in [-0.3, -0.25) is 4.98 Å². The van der Waals surface area contributed by atoms with Crippen LogP contribution in [-0.4, -0.2) is 17.1 Å². The molecular weight excluding hydrogens is 349 g/mol. The van der Waals surface area contributed by atoms with Crippen molar-refractivity contribution in [2.75, 3.05) is 7.11 Å². The Hall–Kier alpha value is -2.54. The monoisotopic (exact) mass is 362 g/mol. The van der Waals surface area contributed by atoms with E-state index in [4.69, 9.17) is 4.74 Å². The maximum Gasteiger partial charge on any atom is 0.416 e. The van der Waals surface area contributed by atoms with Gasteiger partial charge in [0.1, 0.15) is 16.5 Å². The summed E-state index contributed by atoms with van der Waals surface area (Å²) in [6.07, 6.45) is -1.21. The van der Waals surface area contributed by atoms with Gasteiger partial charge >= 0.3 is 6.18 Å². The topological polar surface area (TPSA) is 35.0 Å². The number of nitrogens with zero attached hydrogens (tertiary/aromatic N) is 2. The largest absolute Gasteiger partial charge is 0.497 e. The van der Waals surface area contributed by atoms with E-state index in [0.29, 0.717) is 15.6 Å².